The molecule has 0 radical (unpaired) electrons. The van der Waals surface area contributed by atoms with Crippen LogP contribution in [0, 0.1) is 5.41 Å². The van der Waals surface area contributed by atoms with Crippen LogP contribution in [0.2, 0.25) is 0 Å². The second kappa shape index (κ2) is 6.39. The molecular formula is C14H28N2O. The van der Waals surface area contributed by atoms with Crippen molar-refractivity contribution in [2.24, 2.45) is 5.41 Å². The van der Waals surface area contributed by atoms with Gasteiger partial charge in [0.2, 0.25) is 5.91 Å². The smallest absolute Gasteiger partial charge is 0.221 e. The van der Waals surface area contributed by atoms with Crippen LogP contribution in [0.4, 0.5) is 0 Å². The van der Waals surface area contributed by atoms with Crippen molar-refractivity contribution in [3.63, 3.8) is 0 Å². The third kappa shape index (κ3) is 6.06. The van der Waals surface area contributed by atoms with Crippen molar-refractivity contribution < 1.29 is 4.79 Å². The number of hydrogen-bond acceptors (Lipinski definition) is 2. The van der Waals surface area contributed by atoms with Crippen LogP contribution in [-0.2, 0) is 4.79 Å². The molecule has 0 spiro atoms. The van der Waals surface area contributed by atoms with Crippen LogP contribution < -0.4 is 10.6 Å². The van der Waals surface area contributed by atoms with Crippen molar-refractivity contribution in [3.8, 4) is 0 Å². The van der Waals surface area contributed by atoms with Gasteiger partial charge in [-0.1, -0.05) is 27.7 Å². The summed E-state index contributed by atoms with van der Waals surface area (Å²) in [6.45, 7) is 9.61. The molecule has 0 aromatic heterocycles. The molecule has 0 heterocycles. The molecule has 2 N–H and O–H groups in total. The topological polar surface area (TPSA) is 41.1 Å². The molecular weight excluding hydrogens is 212 g/mol. The zero-order valence-electron chi connectivity index (χ0n) is 11.8. The van der Waals surface area contributed by atoms with Crippen molar-refractivity contribution >= 4 is 5.91 Å². The maximum Gasteiger partial charge on any atom is 0.221 e. The van der Waals surface area contributed by atoms with Gasteiger partial charge >= 0.3 is 0 Å². The van der Waals surface area contributed by atoms with E-state index in [1.165, 1.54) is 12.8 Å². The third-order valence-corrected chi connectivity index (χ3v) is 3.61. The van der Waals surface area contributed by atoms with Crippen LogP contribution in [0.25, 0.3) is 0 Å². The van der Waals surface area contributed by atoms with E-state index in [0.29, 0.717) is 23.9 Å². The highest BCUT2D eigenvalue weighted by molar-refractivity contribution is 5.76. The van der Waals surface area contributed by atoms with E-state index in [0.717, 1.165) is 19.4 Å². The van der Waals surface area contributed by atoms with Crippen LogP contribution >= 0.6 is 0 Å². The highest BCUT2D eigenvalue weighted by atomic mass is 16.1. The van der Waals surface area contributed by atoms with Gasteiger partial charge in [0.25, 0.3) is 0 Å². The number of amides is 1. The van der Waals surface area contributed by atoms with E-state index in [1.807, 2.05) is 0 Å². The first kappa shape index (κ1) is 14.5. The summed E-state index contributed by atoms with van der Waals surface area (Å²) in [5, 5.41) is 6.42. The minimum absolute atomic E-state index is 0.197. The number of carbonyl (C=O) groups excluding carboxylic acids is 1. The van der Waals surface area contributed by atoms with Crippen molar-refractivity contribution in [1.29, 1.82) is 0 Å². The summed E-state index contributed by atoms with van der Waals surface area (Å²) >= 11 is 0. The largest absolute Gasteiger partial charge is 0.353 e. The standard InChI is InChI=1S/C14H28N2O/c1-11(2)15-10-7-13(17)16-12-5-8-14(3,4)9-6-12/h11-12,15H,5-10H2,1-4H3,(H,16,17). The van der Waals surface area contributed by atoms with E-state index in [4.69, 9.17) is 0 Å². The summed E-state index contributed by atoms with van der Waals surface area (Å²) < 4.78 is 0. The first-order chi connectivity index (χ1) is 7.89. The number of nitrogens with one attached hydrogen (secondary N) is 2. The number of carbonyl (C=O) groups is 1. The van der Waals surface area contributed by atoms with Crippen molar-refractivity contribution in [1.82, 2.24) is 10.6 Å². The van der Waals surface area contributed by atoms with Crippen LogP contribution in [0.1, 0.15) is 59.8 Å². The molecule has 0 aromatic carbocycles. The zero-order chi connectivity index (χ0) is 12.9. The maximum atomic E-state index is 11.7. The Morgan fingerprint density at radius 3 is 2.41 bits per heavy atom. The Bertz CT molecular complexity index is 239. The van der Waals surface area contributed by atoms with E-state index in [2.05, 4.69) is 38.3 Å². The van der Waals surface area contributed by atoms with Gasteiger partial charge in [-0.25, -0.2) is 0 Å². The van der Waals surface area contributed by atoms with Gasteiger partial charge in [0, 0.05) is 25.0 Å². The van der Waals surface area contributed by atoms with Crippen LogP contribution in [0.5, 0.6) is 0 Å². The van der Waals surface area contributed by atoms with Gasteiger partial charge < -0.3 is 10.6 Å². The molecule has 0 saturated heterocycles. The monoisotopic (exact) mass is 240 g/mol. The molecule has 3 nitrogen and oxygen atoms in total. The molecule has 1 saturated carbocycles. The summed E-state index contributed by atoms with van der Waals surface area (Å²) in [5.41, 5.74) is 0.473. The first-order valence-corrected chi connectivity index (χ1v) is 6.92. The van der Waals surface area contributed by atoms with Gasteiger partial charge in [-0.3, -0.25) is 4.79 Å². The lowest BCUT2D eigenvalue weighted by Gasteiger charge is -2.34. The molecule has 0 aromatic rings. The molecule has 17 heavy (non-hydrogen) atoms. The Kier molecular flexibility index (Phi) is 5.44. The zero-order valence-corrected chi connectivity index (χ0v) is 11.8. The van der Waals surface area contributed by atoms with E-state index in [-0.39, 0.29) is 5.91 Å². The van der Waals surface area contributed by atoms with Crippen molar-refractivity contribution in [2.75, 3.05) is 6.54 Å². The molecule has 0 unspecified atom stereocenters. The lowest BCUT2D eigenvalue weighted by molar-refractivity contribution is -0.122. The fourth-order valence-corrected chi connectivity index (χ4v) is 2.32. The van der Waals surface area contributed by atoms with E-state index < -0.39 is 0 Å². The quantitative estimate of drug-likeness (QED) is 0.775. The average Bonchev–Trinajstić information content (AvgIpc) is 2.21. The Morgan fingerprint density at radius 2 is 1.88 bits per heavy atom. The van der Waals surface area contributed by atoms with E-state index >= 15 is 0 Å². The normalized spacial score (nSPS) is 20.5. The molecule has 0 aliphatic heterocycles. The Morgan fingerprint density at radius 1 is 1.29 bits per heavy atom. The summed E-state index contributed by atoms with van der Waals surface area (Å²) in [6.07, 6.45) is 5.31. The lowest BCUT2D eigenvalue weighted by Crippen LogP contribution is -2.40. The van der Waals surface area contributed by atoms with Crippen LogP contribution in [0.15, 0.2) is 0 Å². The van der Waals surface area contributed by atoms with Gasteiger partial charge in [0.1, 0.15) is 0 Å². The fourth-order valence-electron chi connectivity index (χ4n) is 2.32. The highest BCUT2D eigenvalue weighted by Crippen LogP contribution is 2.34. The minimum Gasteiger partial charge on any atom is -0.353 e. The van der Waals surface area contributed by atoms with Crippen molar-refractivity contribution in [3.05, 3.63) is 0 Å². The second-order valence-corrected chi connectivity index (χ2v) is 6.36. The number of hydrogen-bond donors (Lipinski definition) is 2. The molecule has 1 fully saturated rings. The Hall–Kier alpha value is -0.570. The van der Waals surface area contributed by atoms with Crippen molar-refractivity contribution in [2.45, 2.75) is 71.9 Å². The maximum absolute atomic E-state index is 11.7. The molecule has 0 bridgehead atoms. The second-order valence-electron chi connectivity index (χ2n) is 6.36. The highest BCUT2D eigenvalue weighted by Gasteiger charge is 2.27. The van der Waals surface area contributed by atoms with Gasteiger partial charge in [-0.2, -0.15) is 0 Å². The molecule has 0 atom stereocenters. The molecule has 1 amide bonds. The third-order valence-electron chi connectivity index (χ3n) is 3.61. The minimum atomic E-state index is 0.197. The molecule has 1 rings (SSSR count). The van der Waals surface area contributed by atoms with Gasteiger partial charge in [0.05, 0.1) is 0 Å². The van der Waals surface area contributed by atoms with E-state index in [9.17, 15) is 4.79 Å². The summed E-state index contributed by atoms with van der Waals surface area (Å²) in [7, 11) is 0. The molecule has 1 aliphatic carbocycles. The summed E-state index contributed by atoms with van der Waals surface area (Å²) in [4.78, 5) is 11.7. The predicted molar refractivity (Wildman–Crippen MR) is 71.9 cm³/mol. The van der Waals surface area contributed by atoms with Gasteiger partial charge in [-0.15, -0.1) is 0 Å². The molecule has 3 heteroatoms. The van der Waals surface area contributed by atoms with Crippen LogP contribution in [-0.4, -0.2) is 24.5 Å². The Balaban J connectivity index is 2.15. The predicted octanol–water partition coefficient (Wildman–Crippen LogP) is 2.46. The summed E-state index contributed by atoms with van der Waals surface area (Å²) in [5.74, 6) is 0.197. The summed E-state index contributed by atoms with van der Waals surface area (Å²) in [6, 6.07) is 0.868. The SMILES string of the molecule is CC(C)NCCC(=O)NC1CCC(C)(C)CC1. The molecule has 1 aliphatic rings. The van der Waals surface area contributed by atoms with Gasteiger partial charge in [-0.05, 0) is 31.1 Å². The first-order valence-electron chi connectivity index (χ1n) is 6.92. The lowest BCUT2D eigenvalue weighted by atomic mass is 9.75. The van der Waals surface area contributed by atoms with E-state index in [1.54, 1.807) is 0 Å². The molecule has 100 valence electrons. The van der Waals surface area contributed by atoms with Crippen LogP contribution in [0.3, 0.4) is 0 Å². The number of rotatable bonds is 5. The Labute approximate surface area is 106 Å². The fraction of sp³-hybridized carbons (Fsp3) is 0.929. The average molecular weight is 240 g/mol. The van der Waals surface area contributed by atoms with Gasteiger partial charge in [0.15, 0.2) is 0 Å².